The molecule has 3 aromatic rings. The molecule has 1 aliphatic rings. The molecule has 0 fully saturated rings. The molecule has 0 saturated heterocycles. The lowest BCUT2D eigenvalue weighted by Crippen LogP contribution is -2.36. The Balaban J connectivity index is 1.33. The number of urea groups is 1. The highest BCUT2D eigenvalue weighted by Gasteiger charge is 2.28. The fourth-order valence-corrected chi connectivity index (χ4v) is 5.31. The second kappa shape index (κ2) is 9.97. The quantitative estimate of drug-likeness (QED) is 0.531. The van der Waals surface area contributed by atoms with Crippen molar-refractivity contribution in [2.24, 2.45) is 0 Å². The largest absolute Gasteiger partial charge is 0.338 e. The second-order valence-corrected chi connectivity index (χ2v) is 9.79. The number of amides is 2. The molecule has 0 unspecified atom stereocenters. The molecule has 0 aromatic heterocycles. The van der Waals surface area contributed by atoms with Gasteiger partial charge in [-0.3, -0.25) is 0 Å². The van der Waals surface area contributed by atoms with E-state index in [1.54, 1.807) is 30.3 Å². The highest BCUT2D eigenvalue weighted by Crippen LogP contribution is 2.27. The molecule has 6 nitrogen and oxygen atoms in total. The Labute approximate surface area is 189 Å². The van der Waals surface area contributed by atoms with Crippen molar-refractivity contribution in [3.63, 3.8) is 0 Å². The predicted octanol–water partition coefficient (Wildman–Crippen LogP) is 4.19. The summed E-state index contributed by atoms with van der Waals surface area (Å²) in [6, 6.07) is 24.1. The van der Waals surface area contributed by atoms with Gasteiger partial charge in [0.05, 0.1) is 4.90 Å². The van der Waals surface area contributed by atoms with Crippen molar-refractivity contribution in [1.82, 2.24) is 9.62 Å². The lowest BCUT2D eigenvalue weighted by Gasteiger charge is -2.28. The Kier molecular flexibility index (Phi) is 6.87. The summed E-state index contributed by atoms with van der Waals surface area (Å²) in [6.07, 6.45) is 2.41. The minimum atomic E-state index is -3.54. The van der Waals surface area contributed by atoms with Crippen molar-refractivity contribution in [2.45, 2.75) is 30.7 Å². The Bertz CT molecular complexity index is 1170. The van der Waals surface area contributed by atoms with Crippen LogP contribution in [0.2, 0.25) is 0 Å². The Morgan fingerprint density at radius 3 is 2.38 bits per heavy atom. The van der Waals surface area contributed by atoms with E-state index in [2.05, 4.69) is 22.8 Å². The first-order valence-electron chi connectivity index (χ1n) is 10.8. The van der Waals surface area contributed by atoms with Crippen LogP contribution in [0.25, 0.3) is 0 Å². The van der Waals surface area contributed by atoms with Gasteiger partial charge in [-0.25, -0.2) is 13.2 Å². The molecule has 1 aliphatic heterocycles. The van der Waals surface area contributed by atoms with E-state index in [1.807, 2.05) is 36.4 Å². The molecule has 166 valence electrons. The summed E-state index contributed by atoms with van der Waals surface area (Å²) in [7, 11) is -3.54. The molecule has 0 radical (unpaired) electrons. The van der Waals surface area contributed by atoms with E-state index in [0.29, 0.717) is 36.6 Å². The van der Waals surface area contributed by atoms with E-state index < -0.39 is 10.0 Å². The number of nitrogens with one attached hydrogen (secondary N) is 2. The van der Waals surface area contributed by atoms with Gasteiger partial charge in [-0.05, 0) is 60.2 Å². The number of hydrogen-bond donors (Lipinski definition) is 2. The highest BCUT2D eigenvalue weighted by molar-refractivity contribution is 7.89. The topological polar surface area (TPSA) is 78.5 Å². The molecule has 7 heteroatoms. The zero-order valence-electron chi connectivity index (χ0n) is 17.8. The number of fused-ring (bicyclic) bond motifs is 1. The summed E-state index contributed by atoms with van der Waals surface area (Å²) >= 11 is 0. The summed E-state index contributed by atoms with van der Waals surface area (Å²) in [4.78, 5) is 12.6. The van der Waals surface area contributed by atoms with Crippen molar-refractivity contribution < 1.29 is 13.2 Å². The Morgan fingerprint density at radius 1 is 0.906 bits per heavy atom. The zero-order chi connectivity index (χ0) is 22.4. The number of carbonyl (C=O) groups is 1. The fourth-order valence-electron chi connectivity index (χ4n) is 3.87. The number of anilines is 1. The van der Waals surface area contributed by atoms with Crippen LogP contribution in [0, 0.1) is 0 Å². The molecule has 1 heterocycles. The van der Waals surface area contributed by atoms with Gasteiger partial charge in [0, 0.05) is 25.3 Å². The molecule has 0 bridgehead atoms. The van der Waals surface area contributed by atoms with Crippen LogP contribution in [0.1, 0.15) is 23.1 Å². The maximum atomic E-state index is 13.0. The van der Waals surface area contributed by atoms with Gasteiger partial charge >= 0.3 is 6.03 Å². The average molecular weight is 450 g/mol. The van der Waals surface area contributed by atoms with Gasteiger partial charge in [0.25, 0.3) is 0 Å². The highest BCUT2D eigenvalue weighted by atomic mass is 32.2. The summed E-state index contributed by atoms with van der Waals surface area (Å²) < 4.78 is 27.4. The van der Waals surface area contributed by atoms with Gasteiger partial charge < -0.3 is 10.6 Å². The van der Waals surface area contributed by atoms with E-state index in [4.69, 9.17) is 0 Å². The maximum absolute atomic E-state index is 13.0. The van der Waals surface area contributed by atoms with E-state index in [0.717, 1.165) is 24.0 Å². The molecule has 0 spiro atoms. The minimum absolute atomic E-state index is 0.261. The second-order valence-electron chi connectivity index (χ2n) is 7.86. The molecular weight excluding hydrogens is 422 g/mol. The van der Waals surface area contributed by atoms with Gasteiger partial charge in [-0.2, -0.15) is 4.31 Å². The van der Waals surface area contributed by atoms with E-state index in [-0.39, 0.29) is 6.03 Å². The maximum Gasteiger partial charge on any atom is 0.319 e. The summed E-state index contributed by atoms with van der Waals surface area (Å²) in [5.41, 5.74) is 3.93. The van der Waals surface area contributed by atoms with Gasteiger partial charge in [-0.15, -0.1) is 0 Å². The molecule has 4 rings (SSSR count). The van der Waals surface area contributed by atoms with Crippen LogP contribution in [0.4, 0.5) is 10.5 Å². The van der Waals surface area contributed by atoms with Crippen LogP contribution < -0.4 is 10.6 Å². The minimum Gasteiger partial charge on any atom is -0.338 e. The number of carbonyl (C=O) groups excluding carboxylic acids is 1. The first-order valence-corrected chi connectivity index (χ1v) is 12.2. The number of benzene rings is 3. The number of hydrogen-bond acceptors (Lipinski definition) is 3. The third-order valence-electron chi connectivity index (χ3n) is 5.59. The fraction of sp³-hybridized carbons (Fsp3) is 0.240. The SMILES string of the molecule is O=C(NCCCc1ccccc1)Nc1ccc2c(c1)CN(S(=O)(=O)c1ccccc1)CC2. The zero-order valence-corrected chi connectivity index (χ0v) is 18.6. The van der Waals surface area contributed by atoms with Crippen molar-refractivity contribution >= 4 is 21.7 Å². The smallest absolute Gasteiger partial charge is 0.319 e. The molecule has 2 N–H and O–H groups in total. The predicted molar refractivity (Wildman–Crippen MR) is 126 cm³/mol. The van der Waals surface area contributed by atoms with Crippen LogP contribution in [0.5, 0.6) is 0 Å². The molecule has 3 aromatic carbocycles. The van der Waals surface area contributed by atoms with Crippen LogP contribution in [-0.2, 0) is 29.4 Å². The van der Waals surface area contributed by atoms with Gasteiger partial charge in [0.2, 0.25) is 10.0 Å². The van der Waals surface area contributed by atoms with Crippen LogP contribution in [0.3, 0.4) is 0 Å². The summed E-state index contributed by atoms with van der Waals surface area (Å²) in [5.74, 6) is 0. The van der Waals surface area contributed by atoms with Crippen molar-refractivity contribution in [1.29, 1.82) is 0 Å². The van der Waals surface area contributed by atoms with Gasteiger partial charge in [0.15, 0.2) is 0 Å². The van der Waals surface area contributed by atoms with Crippen LogP contribution >= 0.6 is 0 Å². The molecular formula is C25H27N3O3S. The Morgan fingerprint density at radius 2 is 1.62 bits per heavy atom. The van der Waals surface area contributed by atoms with Gasteiger partial charge in [0.1, 0.15) is 0 Å². The molecule has 2 amide bonds. The summed E-state index contributed by atoms with van der Waals surface area (Å²) in [6.45, 7) is 1.31. The Hall–Kier alpha value is -3.16. The molecule has 0 aliphatic carbocycles. The standard InChI is InChI=1S/C25H27N3O3S/c29-25(26-16-7-10-20-8-3-1-4-9-20)27-23-14-13-21-15-17-28(19-22(21)18-23)32(30,31)24-11-5-2-6-12-24/h1-6,8-9,11-14,18H,7,10,15-17,19H2,(H2,26,27,29). The van der Waals surface area contributed by atoms with E-state index in [1.165, 1.54) is 9.87 Å². The van der Waals surface area contributed by atoms with E-state index >= 15 is 0 Å². The average Bonchev–Trinajstić information content (AvgIpc) is 2.82. The van der Waals surface area contributed by atoms with Crippen LogP contribution in [-0.4, -0.2) is 31.8 Å². The number of aryl methyl sites for hydroxylation is 1. The number of nitrogens with zero attached hydrogens (tertiary/aromatic N) is 1. The monoisotopic (exact) mass is 449 g/mol. The first kappa shape index (κ1) is 22.0. The van der Waals surface area contributed by atoms with Crippen molar-refractivity contribution in [2.75, 3.05) is 18.4 Å². The van der Waals surface area contributed by atoms with Crippen molar-refractivity contribution in [3.8, 4) is 0 Å². The lowest BCUT2D eigenvalue weighted by atomic mass is 10.0. The normalized spacial score (nSPS) is 13.9. The third kappa shape index (κ3) is 5.36. The third-order valence-corrected chi connectivity index (χ3v) is 7.45. The van der Waals surface area contributed by atoms with Crippen molar-refractivity contribution in [3.05, 3.63) is 95.6 Å². The lowest BCUT2D eigenvalue weighted by molar-refractivity contribution is 0.252. The number of sulfonamides is 1. The first-order chi connectivity index (χ1) is 15.5. The molecule has 0 atom stereocenters. The van der Waals surface area contributed by atoms with Crippen LogP contribution in [0.15, 0.2) is 83.8 Å². The summed E-state index contributed by atoms with van der Waals surface area (Å²) in [5, 5.41) is 5.74. The number of rotatable bonds is 7. The molecule has 0 saturated carbocycles. The van der Waals surface area contributed by atoms with E-state index in [9.17, 15) is 13.2 Å². The van der Waals surface area contributed by atoms with Gasteiger partial charge in [-0.1, -0.05) is 54.6 Å². The molecule has 32 heavy (non-hydrogen) atoms.